The van der Waals surface area contributed by atoms with Gasteiger partial charge in [-0.1, -0.05) is 12.1 Å². The smallest absolute Gasteiger partial charge is 0.280 e. The van der Waals surface area contributed by atoms with Crippen LogP contribution in [0.1, 0.15) is 5.76 Å². The van der Waals surface area contributed by atoms with Gasteiger partial charge in [0.25, 0.3) is 5.69 Å². The fourth-order valence-electron chi connectivity index (χ4n) is 1.70. The SMILES string of the molecule is N#C/C(=C/c1ccc(-c2ccccc2[N+](=O)[O-])o1)C(=O)[O-]. The first-order valence-corrected chi connectivity index (χ1v) is 5.69. The number of nitrogens with zero attached hydrogens (tertiary/aromatic N) is 2. The number of nitro benzene ring substituents is 1. The Bertz CT molecular complexity index is 783. The number of benzene rings is 1. The lowest BCUT2D eigenvalue weighted by Crippen LogP contribution is -2.23. The summed E-state index contributed by atoms with van der Waals surface area (Å²) in [6, 6.07) is 10.3. The lowest BCUT2D eigenvalue weighted by atomic mass is 10.1. The van der Waals surface area contributed by atoms with Crippen molar-refractivity contribution in [1.29, 1.82) is 5.26 Å². The minimum Gasteiger partial charge on any atom is -0.544 e. The molecule has 0 fully saturated rings. The van der Waals surface area contributed by atoms with E-state index in [0.29, 0.717) is 0 Å². The molecule has 0 amide bonds. The van der Waals surface area contributed by atoms with Crippen molar-refractivity contribution in [2.24, 2.45) is 0 Å². The zero-order valence-corrected chi connectivity index (χ0v) is 10.5. The van der Waals surface area contributed by atoms with Crippen LogP contribution in [-0.4, -0.2) is 10.9 Å². The predicted octanol–water partition coefficient (Wildman–Crippen LogP) is 1.51. The van der Waals surface area contributed by atoms with Gasteiger partial charge in [0.2, 0.25) is 0 Å². The number of rotatable bonds is 4. The molecule has 0 N–H and O–H groups in total. The Morgan fingerprint density at radius 1 is 1.29 bits per heavy atom. The van der Waals surface area contributed by atoms with Crippen molar-refractivity contribution in [1.82, 2.24) is 0 Å². The van der Waals surface area contributed by atoms with Crippen molar-refractivity contribution < 1.29 is 19.2 Å². The molecule has 0 saturated heterocycles. The van der Waals surface area contributed by atoms with Gasteiger partial charge in [0.1, 0.15) is 17.6 Å². The van der Waals surface area contributed by atoms with Crippen molar-refractivity contribution in [3.05, 3.63) is 57.8 Å². The second kappa shape index (κ2) is 5.71. The molecule has 0 aliphatic heterocycles. The van der Waals surface area contributed by atoms with Crippen LogP contribution in [0.15, 0.2) is 46.4 Å². The summed E-state index contributed by atoms with van der Waals surface area (Å²) in [6.07, 6.45) is 0.994. The largest absolute Gasteiger partial charge is 0.544 e. The molecule has 0 atom stereocenters. The van der Waals surface area contributed by atoms with E-state index >= 15 is 0 Å². The van der Waals surface area contributed by atoms with Gasteiger partial charge >= 0.3 is 0 Å². The summed E-state index contributed by atoms with van der Waals surface area (Å²) in [5.74, 6) is -1.34. The van der Waals surface area contributed by atoms with E-state index in [1.165, 1.54) is 36.4 Å². The highest BCUT2D eigenvalue weighted by molar-refractivity contribution is 5.94. The number of para-hydroxylation sites is 1. The van der Waals surface area contributed by atoms with Gasteiger partial charge in [-0.3, -0.25) is 10.1 Å². The molecule has 2 aromatic rings. The maximum Gasteiger partial charge on any atom is 0.280 e. The van der Waals surface area contributed by atoms with Gasteiger partial charge in [-0.25, -0.2) is 0 Å². The van der Waals surface area contributed by atoms with Gasteiger partial charge in [0.15, 0.2) is 0 Å². The maximum atomic E-state index is 10.9. The summed E-state index contributed by atoms with van der Waals surface area (Å²) in [4.78, 5) is 21.0. The summed E-state index contributed by atoms with van der Waals surface area (Å²) in [7, 11) is 0. The number of carbonyl (C=O) groups is 1. The number of hydrogen-bond donors (Lipinski definition) is 0. The van der Waals surface area contributed by atoms with E-state index in [9.17, 15) is 20.0 Å². The van der Waals surface area contributed by atoms with Crippen LogP contribution in [0.2, 0.25) is 0 Å². The predicted molar refractivity (Wildman–Crippen MR) is 69.4 cm³/mol. The number of furan rings is 1. The Balaban J connectivity index is 2.45. The maximum absolute atomic E-state index is 10.9. The van der Waals surface area contributed by atoms with Gasteiger partial charge in [0.05, 0.1) is 22.0 Å². The Labute approximate surface area is 118 Å². The molecule has 21 heavy (non-hydrogen) atoms. The zero-order chi connectivity index (χ0) is 15.4. The molecule has 0 saturated carbocycles. The lowest BCUT2D eigenvalue weighted by molar-refractivity contribution is -0.384. The average Bonchev–Trinajstić information content (AvgIpc) is 2.92. The minimum atomic E-state index is -1.62. The Kier molecular flexibility index (Phi) is 3.81. The molecule has 1 heterocycles. The number of hydrogen-bond acceptors (Lipinski definition) is 6. The quantitative estimate of drug-likeness (QED) is 0.363. The first-order valence-electron chi connectivity index (χ1n) is 5.69. The molecule has 2 rings (SSSR count). The summed E-state index contributed by atoms with van der Waals surface area (Å²) in [6.45, 7) is 0. The molecule has 0 spiro atoms. The second-order valence-corrected chi connectivity index (χ2v) is 3.93. The fraction of sp³-hybridized carbons (Fsp3) is 0. The van der Waals surface area contributed by atoms with Crippen molar-refractivity contribution >= 4 is 17.7 Å². The normalized spacial score (nSPS) is 10.9. The van der Waals surface area contributed by atoms with Gasteiger partial charge in [-0.15, -0.1) is 0 Å². The van der Waals surface area contributed by atoms with Crippen LogP contribution in [-0.2, 0) is 4.79 Å². The molecule has 7 nitrogen and oxygen atoms in total. The molecule has 0 aliphatic carbocycles. The van der Waals surface area contributed by atoms with E-state index in [2.05, 4.69) is 0 Å². The fourth-order valence-corrected chi connectivity index (χ4v) is 1.70. The van der Waals surface area contributed by atoms with Crippen molar-refractivity contribution in [2.45, 2.75) is 0 Å². The molecule has 0 bridgehead atoms. The molecule has 104 valence electrons. The molecule has 7 heteroatoms. The third-order valence-corrected chi connectivity index (χ3v) is 2.62. The highest BCUT2D eigenvalue weighted by Crippen LogP contribution is 2.31. The molecule has 0 radical (unpaired) electrons. The van der Waals surface area contributed by atoms with E-state index in [0.717, 1.165) is 6.08 Å². The van der Waals surface area contributed by atoms with Crippen LogP contribution in [0.5, 0.6) is 0 Å². The average molecular weight is 283 g/mol. The minimum absolute atomic E-state index is 0.0869. The van der Waals surface area contributed by atoms with Gasteiger partial charge < -0.3 is 14.3 Å². The topological polar surface area (TPSA) is 120 Å². The molecule has 0 aliphatic rings. The number of nitro groups is 1. The van der Waals surface area contributed by atoms with Crippen molar-refractivity contribution in [2.75, 3.05) is 0 Å². The second-order valence-electron chi connectivity index (χ2n) is 3.93. The van der Waals surface area contributed by atoms with E-state index in [-0.39, 0.29) is 22.8 Å². The molecule has 0 unspecified atom stereocenters. The molecule has 1 aromatic heterocycles. The highest BCUT2D eigenvalue weighted by Gasteiger charge is 2.16. The van der Waals surface area contributed by atoms with Crippen molar-refractivity contribution in [3.63, 3.8) is 0 Å². The monoisotopic (exact) mass is 283 g/mol. The summed E-state index contributed by atoms with van der Waals surface area (Å²) in [5.41, 5.74) is -0.477. The van der Waals surface area contributed by atoms with E-state index in [4.69, 9.17) is 9.68 Å². The summed E-state index contributed by atoms with van der Waals surface area (Å²) < 4.78 is 5.32. The molecular weight excluding hydrogens is 276 g/mol. The van der Waals surface area contributed by atoms with Crippen LogP contribution >= 0.6 is 0 Å². The Morgan fingerprint density at radius 3 is 2.62 bits per heavy atom. The van der Waals surface area contributed by atoms with Crippen molar-refractivity contribution in [3.8, 4) is 17.4 Å². The zero-order valence-electron chi connectivity index (χ0n) is 10.5. The number of nitriles is 1. The van der Waals surface area contributed by atoms with Gasteiger partial charge in [0, 0.05) is 12.1 Å². The van der Waals surface area contributed by atoms with Gasteiger partial charge in [-0.05, 0) is 18.2 Å². The van der Waals surface area contributed by atoms with E-state index < -0.39 is 16.5 Å². The van der Waals surface area contributed by atoms with E-state index in [1.807, 2.05) is 0 Å². The number of carboxylic acids is 1. The molecule has 1 aromatic carbocycles. The standard InChI is InChI=1S/C14H8N2O5/c15-8-9(14(17)18)7-10-5-6-13(21-10)11-3-1-2-4-12(11)16(19)20/h1-7H,(H,17,18)/p-1/b9-7-. The number of carbonyl (C=O) groups excluding carboxylic acids is 1. The van der Waals surface area contributed by atoms with Crippen LogP contribution in [0, 0.1) is 21.4 Å². The highest BCUT2D eigenvalue weighted by atomic mass is 16.6. The summed E-state index contributed by atoms with van der Waals surface area (Å²) in [5, 5.41) is 30.2. The first kappa shape index (κ1) is 14.0. The lowest BCUT2D eigenvalue weighted by Gasteiger charge is -1.99. The Morgan fingerprint density at radius 2 is 2.00 bits per heavy atom. The first-order chi connectivity index (χ1) is 10.0. The van der Waals surface area contributed by atoms with Crippen LogP contribution < -0.4 is 5.11 Å². The number of carboxylic acid groups (broad SMARTS) is 1. The Hall–Kier alpha value is -3.40. The van der Waals surface area contributed by atoms with Crippen LogP contribution in [0.4, 0.5) is 5.69 Å². The van der Waals surface area contributed by atoms with E-state index in [1.54, 1.807) is 6.07 Å². The van der Waals surface area contributed by atoms with Crippen LogP contribution in [0.25, 0.3) is 17.4 Å². The molecular formula is C14H7N2O5-. The van der Waals surface area contributed by atoms with Crippen LogP contribution in [0.3, 0.4) is 0 Å². The third kappa shape index (κ3) is 2.96. The summed E-state index contributed by atoms with van der Waals surface area (Å²) >= 11 is 0. The number of aliphatic carboxylic acids is 1. The third-order valence-electron chi connectivity index (χ3n) is 2.62. The van der Waals surface area contributed by atoms with Gasteiger partial charge in [-0.2, -0.15) is 5.26 Å².